The van der Waals surface area contributed by atoms with Gasteiger partial charge in [0.2, 0.25) is 5.91 Å². The number of thiazole rings is 1. The number of nitrogens with zero attached hydrogens (tertiary/aromatic N) is 3. The monoisotopic (exact) mass is 381 g/mol. The molecule has 1 aromatic rings. The zero-order chi connectivity index (χ0) is 17.7. The second-order valence-corrected chi connectivity index (χ2v) is 7.79. The predicted octanol–water partition coefficient (Wildman–Crippen LogP) is 3.60. The molecule has 0 aliphatic carbocycles. The van der Waals surface area contributed by atoms with E-state index in [1.165, 1.54) is 11.3 Å². The first-order valence-electron chi connectivity index (χ1n) is 7.46. The summed E-state index contributed by atoms with van der Waals surface area (Å²) < 4.78 is 0. The number of aromatic nitrogens is 1. The Morgan fingerprint density at radius 2 is 2.42 bits per heavy atom. The molecule has 0 spiro atoms. The average Bonchev–Trinajstić information content (AvgIpc) is 2.94. The highest BCUT2D eigenvalue weighted by molar-refractivity contribution is 7.98. The van der Waals surface area contributed by atoms with Crippen molar-refractivity contribution in [3.8, 4) is 12.3 Å². The van der Waals surface area contributed by atoms with Gasteiger partial charge in [-0.2, -0.15) is 11.8 Å². The molecule has 0 saturated heterocycles. The summed E-state index contributed by atoms with van der Waals surface area (Å²) in [5.41, 5.74) is 1.07. The summed E-state index contributed by atoms with van der Waals surface area (Å²) in [5.74, 6) is 3.15. The molecule has 7 heteroatoms. The predicted molar refractivity (Wildman–Crippen MR) is 106 cm³/mol. The lowest BCUT2D eigenvalue weighted by molar-refractivity contribution is -0.121. The Morgan fingerprint density at radius 3 is 3.04 bits per heavy atom. The van der Waals surface area contributed by atoms with Crippen LogP contribution in [0.5, 0.6) is 0 Å². The van der Waals surface area contributed by atoms with Gasteiger partial charge in [-0.15, -0.1) is 6.42 Å². The van der Waals surface area contributed by atoms with Gasteiger partial charge in [0.05, 0.1) is 6.54 Å². The largest absolute Gasteiger partial charge is 0.376 e. The molecule has 1 aliphatic rings. The van der Waals surface area contributed by atoms with Crippen LogP contribution in [-0.4, -0.2) is 47.9 Å². The van der Waals surface area contributed by atoms with Crippen molar-refractivity contribution in [3.63, 3.8) is 0 Å². The fraction of sp³-hybridized carbons (Fsp3) is 0.412. The van der Waals surface area contributed by atoms with Crippen molar-refractivity contribution in [1.29, 1.82) is 0 Å². The van der Waals surface area contributed by atoms with Gasteiger partial charge in [-0.05, 0) is 18.5 Å². The summed E-state index contributed by atoms with van der Waals surface area (Å²) in [4.78, 5) is 20.8. The summed E-state index contributed by atoms with van der Waals surface area (Å²) in [6, 6.07) is 0. The van der Waals surface area contributed by atoms with E-state index in [1.807, 2.05) is 38.6 Å². The number of allylic oxidation sites excluding steroid dienone is 2. The third-order valence-corrected chi connectivity index (χ3v) is 5.86. The van der Waals surface area contributed by atoms with Gasteiger partial charge < -0.3 is 4.90 Å². The van der Waals surface area contributed by atoms with E-state index in [9.17, 15) is 4.79 Å². The van der Waals surface area contributed by atoms with E-state index < -0.39 is 0 Å². The fourth-order valence-corrected chi connectivity index (χ4v) is 4.32. The first-order chi connectivity index (χ1) is 11.5. The molecule has 128 valence electrons. The van der Waals surface area contributed by atoms with Crippen LogP contribution in [0.3, 0.4) is 0 Å². The van der Waals surface area contributed by atoms with Crippen molar-refractivity contribution < 1.29 is 4.79 Å². The molecule has 0 saturated carbocycles. The summed E-state index contributed by atoms with van der Waals surface area (Å²) in [6.07, 6.45) is 13.4. The lowest BCUT2D eigenvalue weighted by atomic mass is 10.2. The molecule has 24 heavy (non-hydrogen) atoms. The SMILES string of the molecule is C#CCN(C(=O)C(C)CSC)c1sc(C2=CC=CN(C)C2)nc1Cl. The number of amides is 1. The summed E-state index contributed by atoms with van der Waals surface area (Å²) >= 11 is 9.37. The number of hydrogen-bond donors (Lipinski definition) is 0. The Bertz CT molecular complexity index is 705. The molecule has 0 bridgehead atoms. The third kappa shape index (κ3) is 4.35. The van der Waals surface area contributed by atoms with Crippen LogP contribution < -0.4 is 4.90 Å². The van der Waals surface area contributed by atoms with Crippen LogP contribution >= 0.6 is 34.7 Å². The Morgan fingerprint density at radius 1 is 1.67 bits per heavy atom. The second-order valence-electron chi connectivity index (χ2n) is 5.55. The van der Waals surface area contributed by atoms with E-state index in [2.05, 4.69) is 15.8 Å². The van der Waals surface area contributed by atoms with E-state index in [4.69, 9.17) is 18.0 Å². The zero-order valence-electron chi connectivity index (χ0n) is 14.0. The maximum Gasteiger partial charge on any atom is 0.232 e. The van der Waals surface area contributed by atoms with Gasteiger partial charge in [-0.3, -0.25) is 9.69 Å². The Labute approximate surface area is 156 Å². The number of carbonyl (C=O) groups excluding carboxylic acids is 1. The Balaban J connectivity index is 2.31. The Hall–Kier alpha value is -1.42. The first kappa shape index (κ1) is 18.9. The van der Waals surface area contributed by atoms with Crippen LogP contribution in [0, 0.1) is 18.3 Å². The molecule has 4 nitrogen and oxygen atoms in total. The van der Waals surface area contributed by atoms with E-state index in [-0.39, 0.29) is 18.4 Å². The van der Waals surface area contributed by atoms with E-state index in [0.717, 1.165) is 22.9 Å². The number of carbonyl (C=O) groups is 1. The van der Waals surface area contributed by atoms with Crippen LogP contribution in [0.4, 0.5) is 5.00 Å². The first-order valence-corrected chi connectivity index (χ1v) is 10.0. The number of terminal acetylenes is 1. The number of halogens is 1. The minimum atomic E-state index is -0.127. The Kier molecular flexibility index (Phi) is 6.79. The lowest BCUT2D eigenvalue weighted by Crippen LogP contribution is -2.36. The van der Waals surface area contributed by atoms with Gasteiger partial charge >= 0.3 is 0 Å². The van der Waals surface area contributed by atoms with E-state index >= 15 is 0 Å². The van der Waals surface area contributed by atoms with Crippen LogP contribution in [0.25, 0.3) is 5.57 Å². The molecule has 1 amide bonds. The number of anilines is 1. The van der Waals surface area contributed by atoms with Gasteiger partial charge in [-0.1, -0.05) is 41.9 Å². The van der Waals surface area contributed by atoms with Gasteiger partial charge in [-0.25, -0.2) is 4.98 Å². The van der Waals surface area contributed by atoms with Gasteiger partial charge in [0, 0.05) is 30.8 Å². The standard InChI is InChI=1S/C17H20ClN3OS2/c1-5-8-21(16(22)12(2)11-23-4)17-14(18)19-15(24-17)13-7-6-9-20(3)10-13/h1,6-7,9,12H,8,10-11H2,2-4H3. The van der Waals surface area contributed by atoms with Crippen molar-refractivity contribution in [1.82, 2.24) is 9.88 Å². The molecule has 2 heterocycles. The van der Waals surface area contributed by atoms with Crippen molar-refractivity contribution in [3.05, 3.63) is 28.5 Å². The van der Waals surface area contributed by atoms with Gasteiger partial charge in [0.1, 0.15) is 10.0 Å². The molecule has 2 rings (SSSR count). The van der Waals surface area contributed by atoms with Gasteiger partial charge in [0.25, 0.3) is 0 Å². The molecular formula is C17H20ClN3OS2. The molecular weight excluding hydrogens is 362 g/mol. The molecule has 0 N–H and O–H groups in total. The van der Waals surface area contributed by atoms with Crippen molar-refractivity contribution in [2.24, 2.45) is 5.92 Å². The van der Waals surface area contributed by atoms with Crippen LogP contribution in [0.2, 0.25) is 5.15 Å². The molecule has 0 aromatic carbocycles. The molecule has 1 atom stereocenters. The minimum Gasteiger partial charge on any atom is -0.376 e. The number of rotatable bonds is 6. The second kappa shape index (κ2) is 8.61. The van der Waals surface area contributed by atoms with Crippen LogP contribution in [-0.2, 0) is 4.79 Å². The number of hydrogen-bond acceptors (Lipinski definition) is 5. The van der Waals surface area contributed by atoms with Gasteiger partial charge in [0.15, 0.2) is 5.15 Å². The summed E-state index contributed by atoms with van der Waals surface area (Å²) in [6.45, 7) is 2.85. The number of likely N-dealkylation sites (N-methyl/N-ethyl adjacent to an activating group) is 1. The highest BCUT2D eigenvalue weighted by Crippen LogP contribution is 2.37. The zero-order valence-corrected chi connectivity index (χ0v) is 16.3. The van der Waals surface area contributed by atoms with E-state index in [0.29, 0.717) is 10.2 Å². The van der Waals surface area contributed by atoms with E-state index in [1.54, 1.807) is 16.7 Å². The smallest absolute Gasteiger partial charge is 0.232 e. The molecule has 1 aliphatic heterocycles. The third-order valence-electron chi connectivity index (χ3n) is 3.50. The number of thioether (sulfide) groups is 1. The lowest BCUT2D eigenvalue weighted by Gasteiger charge is -2.22. The summed E-state index contributed by atoms with van der Waals surface area (Å²) in [5, 5.41) is 1.77. The van der Waals surface area contributed by atoms with Crippen LogP contribution in [0.1, 0.15) is 11.9 Å². The molecule has 1 aromatic heterocycles. The molecule has 1 unspecified atom stereocenters. The van der Waals surface area contributed by atoms with Crippen molar-refractivity contribution >= 4 is 51.2 Å². The maximum atomic E-state index is 12.7. The van der Waals surface area contributed by atoms with Crippen LogP contribution in [0.15, 0.2) is 18.4 Å². The normalized spacial score (nSPS) is 15.0. The quantitative estimate of drug-likeness (QED) is 0.705. The topological polar surface area (TPSA) is 36.4 Å². The molecule has 0 radical (unpaired) electrons. The fourth-order valence-electron chi connectivity index (χ4n) is 2.34. The van der Waals surface area contributed by atoms with Crippen molar-refractivity contribution in [2.75, 3.05) is 37.0 Å². The summed E-state index contributed by atoms with van der Waals surface area (Å²) in [7, 11) is 2.00. The highest BCUT2D eigenvalue weighted by Gasteiger charge is 2.26. The average molecular weight is 382 g/mol. The molecule has 0 fully saturated rings. The maximum absolute atomic E-state index is 12.7. The highest BCUT2D eigenvalue weighted by atomic mass is 35.5. The minimum absolute atomic E-state index is 0.0194. The van der Waals surface area contributed by atoms with Crippen molar-refractivity contribution in [2.45, 2.75) is 6.92 Å².